The van der Waals surface area contributed by atoms with Crippen LogP contribution in [0.15, 0.2) is 54.3 Å². The number of hydrogen-bond donors (Lipinski definition) is 5. The summed E-state index contributed by atoms with van der Waals surface area (Å²) in [5.74, 6) is 0.539. The van der Waals surface area contributed by atoms with Crippen LogP contribution in [-0.2, 0) is 25.7 Å². The smallest absolute Gasteiger partial charge is 0.246 e. The lowest BCUT2D eigenvalue weighted by Gasteiger charge is -2.48. The maximum absolute atomic E-state index is 15.8. The van der Waals surface area contributed by atoms with E-state index in [0.29, 0.717) is 63.0 Å². The molecular formula is C61H85F2N13O5S. The molecule has 8 heterocycles. The number of thiazole rings is 1. The van der Waals surface area contributed by atoms with Crippen molar-refractivity contribution >= 4 is 52.3 Å². The Morgan fingerprint density at radius 2 is 1.55 bits per heavy atom. The van der Waals surface area contributed by atoms with Crippen molar-refractivity contribution in [3.8, 4) is 10.4 Å². The average molecular weight is 1150 g/mol. The molecule has 6 saturated heterocycles. The van der Waals surface area contributed by atoms with E-state index in [9.17, 15) is 24.3 Å². The molecule has 0 unspecified atom stereocenters. The summed E-state index contributed by atoms with van der Waals surface area (Å²) in [5.41, 5.74) is 4.30. The predicted molar refractivity (Wildman–Crippen MR) is 315 cm³/mol. The van der Waals surface area contributed by atoms with Crippen molar-refractivity contribution in [1.82, 2.24) is 50.5 Å². The van der Waals surface area contributed by atoms with E-state index in [4.69, 9.17) is 0 Å². The third kappa shape index (κ3) is 14.0. The molecular weight excluding hydrogens is 1060 g/mol. The molecule has 0 saturated carbocycles. The van der Waals surface area contributed by atoms with Gasteiger partial charge < -0.3 is 50.9 Å². The van der Waals surface area contributed by atoms with Crippen molar-refractivity contribution in [1.29, 1.82) is 0 Å². The van der Waals surface area contributed by atoms with Gasteiger partial charge in [-0.05, 0) is 105 Å². The van der Waals surface area contributed by atoms with Crippen LogP contribution in [0.2, 0.25) is 0 Å². The highest BCUT2D eigenvalue weighted by molar-refractivity contribution is 7.13. The van der Waals surface area contributed by atoms with Crippen LogP contribution in [0.3, 0.4) is 0 Å². The molecule has 444 valence electrons. The molecule has 1 spiro atoms. The Balaban J connectivity index is 0.630. The van der Waals surface area contributed by atoms with Gasteiger partial charge in [0, 0.05) is 103 Å². The number of benzene rings is 2. The number of aryl methyl sites for hydroxylation is 1. The molecule has 6 aliphatic heterocycles. The molecule has 2 aromatic heterocycles. The molecule has 82 heavy (non-hydrogen) atoms. The largest absolute Gasteiger partial charge is 0.391 e. The summed E-state index contributed by atoms with van der Waals surface area (Å²) in [7, 11) is 0. The lowest BCUT2D eigenvalue weighted by Crippen LogP contribution is -2.66. The van der Waals surface area contributed by atoms with Crippen LogP contribution in [0.5, 0.6) is 0 Å². The van der Waals surface area contributed by atoms with Crippen molar-refractivity contribution in [2.75, 3.05) is 107 Å². The fourth-order valence-electron chi connectivity index (χ4n) is 13.3. The normalized spacial score (nSPS) is 23.9. The highest BCUT2D eigenvalue weighted by atomic mass is 32.1. The third-order valence-corrected chi connectivity index (χ3v) is 19.3. The van der Waals surface area contributed by atoms with E-state index < -0.39 is 40.8 Å². The lowest BCUT2D eigenvalue weighted by molar-refractivity contribution is -0.144. The fourth-order valence-corrected chi connectivity index (χ4v) is 14.1. The van der Waals surface area contributed by atoms with Gasteiger partial charge in [0.2, 0.25) is 23.6 Å². The number of piperazine rings is 1. The first kappa shape index (κ1) is 59.3. The number of aliphatic hydroxyl groups excluding tert-OH is 1. The number of carbonyl (C=O) groups is 4. The SMILES string of the molecule is Cc1ncsc1-c1ccc([C@H](C)NC(=O)[C@@H]2C[C@@H](O)CN2C(=O)[C@@H](NC(=O)CCN2C[C@H]3CN(CCCNc4cc(N5CCC6(CC5)CN(c5cc(F)c(CN7CCC(C)(C)CC7)cc5F)CC(=O)N6)ncn4)C[C@H]3C2)C(C)(C)C)cc1. The molecule has 4 aromatic rings. The Morgan fingerprint density at radius 1 is 0.854 bits per heavy atom. The van der Waals surface area contributed by atoms with Crippen LogP contribution in [-0.4, -0.2) is 179 Å². The molecule has 6 fully saturated rings. The van der Waals surface area contributed by atoms with Crippen LogP contribution in [0.1, 0.15) is 109 Å². The number of β-amino-alcohol motifs (C(OH)–C–C–N with tert-alkyl or cyclic N) is 1. The van der Waals surface area contributed by atoms with E-state index in [1.54, 1.807) is 22.6 Å². The Hall–Kier alpha value is -5.87. The van der Waals surface area contributed by atoms with Crippen LogP contribution in [0.25, 0.3) is 10.4 Å². The number of nitrogens with one attached hydrogen (secondary N) is 4. The minimum absolute atomic E-state index is 0.0163. The number of anilines is 3. The van der Waals surface area contributed by atoms with E-state index >= 15 is 8.78 Å². The van der Waals surface area contributed by atoms with Gasteiger partial charge in [-0.2, -0.15) is 0 Å². The molecule has 0 radical (unpaired) electrons. The first-order chi connectivity index (χ1) is 39.1. The Bertz CT molecular complexity index is 2910. The lowest BCUT2D eigenvalue weighted by atomic mass is 9.82. The standard InChI is InChI=1S/C61H85F2N13O5S/c1-39(41-9-11-42(12-10-41)55-40(2)67-38-82-55)68-57(80)50-26-46(77)34-76(50)58(81)56(59(3,4)5)69-53(78)13-20-73-32-44-30-72(31-45(44)33-73)19-8-18-64-51-28-52(66-37-65-51)74-23-16-61(17-24-74)36-75(35-54(79)70-61)49-27-47(62)43(25-48(49)63)29-71-21-14-60(6,7)15-22-71/h9-12,25,27-28,37-39,44-46,50,56,77H,8,13-24,26,29-36H2,1-7H3,(H,68,80)(H,69,78)(H,70,79)(H,64,65,66)/t39-,44-,45+,46+,50-,56+/m0/s1. The quantitative estimate of drug-likeness (QED) is 0.0706. The van der Waals surface area contributed by atoms with Gasteiger partial charge in [0.1, 0.15) is 41.7 Å². The molecule has 0 aliphatic carbocycles. The molecule has 0 bridgehead atoms. The summed E-state index contributed by atoms with van der Waals surface area (Å²) in [5, 5.41) is 23.6. The zero-order valence-electron chi connectivity index (χ0n) is 49.0. The van der Waals surface area contributed by atoms with Gasteiger partial charge in [0.15, 0.2) is 0 Å². The number of aromatic nitrogens is 3. The number of nitrogens with zero attached hydrogens (tertiary/aromatic N) is 9. The molecule has 6 atom stereocenters. The molecule has 5 N–H and O–H groups in total. The van der Waals surface area contributed by atoms with E-state index in [-0.39, 0.29) is 66.7 Å². The number of likely N-dealkylation sites (tertiary alicyclic amines) is 4. The predicted octanol–water partition coefficient (Wildman–Crippen LogP) is 6.21. The fraction of sp³-hybridized carbons (Fsp3) is 0.623. The molecule has 4 amide bonds. The summed E-state index contributed by atoms with van der Waals surface area (Å²) in [6.07, 6.45) is 5.33. The van der Waals surface area contributed by atoms with Crippen LogP contribution < -0.4 is 31.1 Å². The third-order valence-electron chi connectivity index (χ3n) is 18.3. The minimum Gasteiger partial charge on any atom is -0.391 e. The van der Waals surface area contributed by atoms with Crippen molar-refractivity contribution in [3.63, 3.8) is 0 Å². The highest BCUT2D eigenvalue weighted by Gasteiger charge is 2.46. The average Bonchev–Trinajstić information content (AvgIpc) is 4.28. The zero-order chi connectivity index (χ0) is 58.1. The van der Waals surface area contributed by atoms with Gasteiger partial charge in [-0.15, -0.1) is 11.3 Å². The van der Waals surface area contributed by atoms with Gasteiger partial charge in [0.05, 0.1) is 46.0 Å². The maximum Gasteiger partial charge on any atom is 0.246 e. The number of carbonyl (C=O) groups excluding carboxylic acids is 4. The minimum atomic E-state index is -0.885. The number of piperidine rings is 2. The second kappa shape index (κ2) is 24.8. The number of amides is 4. The Kier molecular flexibility index (Phi) is 17.9. The summed E-state index contributed by atoms with van der Waals surface area (Å²) < 4.78 is 31.3. The maximum atomic E-state index is 15.8. The zero-order valence-corrected chi connectivity index (χ0v) is 49.8. The van der Waals surface area contributed by atoms with E-state index in [1.165, 1.54) is 17.0 Å². The second-order valence-corrected chi connectivity index (χ2v) is 27.1. The molecule has 10 rings (SSSR count). The summed E-state index contributed by atoms with van der Waals surface area (Å²) in [6.45, 7) is 24.0. The number of aliphatic hydroxyl groups is 1. The Labute approximate surface area is 486 Å². The van der Waals surface area contributed by atoms with Gasteiger partial charge >= 0.3 is 0 Å². The van der Waals surface area contributed by atoms with E-state index in [1.807, 2.05) is 70.5 Å². The van der Waals surface area contributed by atoms with Crippen LogP contribution in [0, 0.1) is 41.2 Å². The molecule has 2 aromatic carbocycles. The summed E-state index contributed by atoms with van der Waals surface area (Å²) >= 11 is 1.58. The van der Waals surface area contributed by atoms with Crippen molar-refractivity contribution in [2.45, 2.75) is 130 Å². The van der Waals surface area contributed by atoms with Gasteiger partial charge in [0.25, 0.3) is 0 Å². The number of hydrogen-bond acceptors (Lipinski definition) is 15. The highest BCUT2D eigenvalue weighted by Crippen LogP contribution is 2.36. The van der Waals surface area contributed by atoms with Crippen molar-refractivity contribution < 1.29 is 33.1 Å². The van der Waals surface area contributed by atoms with E-state index in [2.05, 4.69) is 69.7 Å². The first-order valence-electron chi connectivity index (χ1n) is 29.7. The molecule has 6 aliphatic rings. The van der Waals surface area contributed by atoms with Crippen molar-refractivity contribution in [3.05, 3.63) is 82.8 Å². The number of halogens is 2. The van der Waals surface area contributed by atoms with Gasteiger partial charge in [-0.1, -0.05) is 58.9 Å². The number of rotatable bonds is 18. The number of fused-ring (bicyclic) bond motifs is 1. The van der Waals surface area contributed by atoms with Crippen molar-refractivity contribution in [2.24, 2.45) is 22.7 Å². The van der Waals surface area contributed by atoms with Gasteiger partial charge in [-0.3, -0.25) is 24.1 Å². The van der Waals surface area contributed by atoms with Crippen LogP contribution in [0.4, 0.5) is 26.1 Å². The second-order valence-electron chi connectivity index (χ2n) is 26.2. The molecule has 18 nitrogen and oxygen atoms in total. The topological polar surface area (TPSA) is 195 Å². The van der Waals surface area contributed by atoms with E-state index in [0.717, 1.165) is 105 Å². The summed E-state index contributed by atoms with van der Waals surface area (Å²) in [6, 6.07) is 10.5. The monoisotopic (exact) mass is 1150 g/mol. The first-order valence-corrected chi connectivity index (χ1v) is 30.6. The summed E-state index contributed by atoms with van der Waals surface area (Å²) in [4.78, 5) is 81.8. The molecule has 21 heteroatoms. The van der Waals surface area contributed by atoms with Crippen LogP contribution >= 0.6 is 11.3 Å². The van der Waals surface area contributed by atoms with Gasteiger partial charge in [-0.25, -0.2) is 23.7 Å². The Morgan fingerprint density at radius 3 is 2.22 bits per heavy atom.